The van der Waals surface area contributed by atoms with E-state index in [-0.39, 0.29) is 0 Å². The van der Waals surface area contributed by atoms with Crippen LogP contribution in [0.2, 0.25) is 0 Å². The molecule has 0 spiro atoms. The summed E-state index contributed by atoms with van der Waals surface area (Å²) < 4.78 is 1.15. The van der Waals surface area contributed by atoms with Gasteiger partial charge in [-0.1, -0.05) is 35.0 Å². The van der Waals surface area contributed by atoms with Gasteiger partial charge in [-0.25, -0.2) is 0 Å². The first-order chi connectivity index (χ1) is 10.1. The molecule has 0 aliphatic carbocycles. The van der Waals surface area contributed by atoms with Crippen molar-refractivity contribution in [3.8, 4) is 0 Å². The predicted octanol–water partition coefficient (Wildman–Crippen LogP) is 4.61. The summed E-state index contributed by atoms with van der Waals surface area (Å²) in [6, 6.07) is 9.67. The van der Waals surface area contributed by atoms with Crippen molar-refractivity contribution in [1.82, 2.24) is 10.2 Å². The number of likely N-dealkylation sites (tertiary alicyclic amines) is 1. The Labute approximate surface area is 138 Å². The topological polar surface area (TPSA) is 15.3 Å². The third-order valence-corrected chi connectivity index (χ3v) is 5.29. The SMILES string of the molecule is CCCN1CCC(C(C)N[C@H](C)c2ccc(Br)cc2)CC1. The lowest BCUT2D eigenvalue weighted by Gasteiger charge is -2.36. The molecule has 1 aliphatic rings. The molecule has 2 nitrogen and oxygen atoms in total. The number of nitrogens with zero attached hydrogens (tertiary/aromatic N) is 1. The first-order valence-electron chi connectivity index (χ1n) is 8.34. The molecule has 0 radical (unpaired) electrons. The largest absolute Gasteiger partial charge is 0.307 e. The highest BCUT2D eigenvalue weighted by Crippen LogP contribution is 2.23. The highest BCUT2D eigenvalue weighted by molar-refractivity contribution is 9.10. The molecule has 1 aliphatic heterocycles. The lowest BCUT2D eigenvalue weighted by Crippen LogP contribution is -2.42. The summed E-state index contributed by atoms with van der Waals surface area (Å²) in [5.74, 6) is 0.816. The van der Waals surface area contributed by atoms with Gasteiger partial charge in [0.25, 0.3) is 0 Å². The Morgan fingerprint density at radius 1 is 1.19 bits per heavy atom. The fraction of sp³-hybridized carbons (Fsp3) is 0.667. The maximum atomic E-state index is 3.80. The van der Waals surface area contributed by atoms with E-state index in [2.05, 4.69) is 71.2 Å². The summed E-state index contributed by atoms with van der Waals surface area (Å²) in [6.45, 7) is 10.7. The van der Waals surface area contributed by atoms with E-state index < -0.39 is 0 Å². The van der Waals surface area contributed by atoms with Crippen LogP contribution < -0.4 is 5.32 Å². The van der Waals surface area contributed by atoms with Crippen LogP contribution in [0.15, 0.2) is 28.7 Å². The summed E-state index contributed by atoms with van der Waals surface area (Å²) in [6.07, 6.45) is 3.95. The van der Waals surface area contributed by atoms with Crippen molar-refractivity contribution in [3.05, 3.63) is 34.3 Å². The fourth-order valence-electron chi connectivity index (χ4n) is 3.37. The number of halogens is 1. The van der Waals surface area contributed by atoms with Gasteiger partial charge < -0.3 is 10.2 Å². The van der Waals surface area contributed by atoms with Crippen LogP contribution in [-0.2, 0) is 0 Å². The maximum Gasteiger partial charge on any atom is 0.0294 e. The third-order valence-electron chi connectivity index (χ3n) is 4.76. The minimum Gasteiger partial charge on any atom is -0.307 e. The molecule has 2 rings (SSSR count). The molecule has 2 atom stereocenters. The van der Waals surface area contributed by atoms with Crippen molar-refractivity contribution in [2.45, 2.75) is 52.1 Å². The Balaban J connectivity index is 1.81. The predicted molar refractivity (Wildman–Crippen MR) is 94.6 cm³/mol. The van der Waals surface area contributed by atoms with Gasteiger partial charge in [-0.15, -0.1) is 0 Å². The van der Waals surface area contributed by atoms with Crippen LogP contribution in [-0.4, -0.2) is 30.6 Å². The lowest BCUT2D eigenvalue weighted by atomic mass is 9.89. The molecule has 1 aromatic rings. The van der Waals surface area contributed by atoms with E-state index in [1.54, 1.807) is 0 Å². The summed E-state index contributed by atoms with van der Waals surface area (Å²) in [7, 11) is 0. The molecule has 21 heavy (non-hydrogen) atoms. The first kappa shape index (κ1) is 17.0. The molecular formula is C18H29BrN2. The van der Waals surface area contributed by atoms with E-state index in [1.807, 2.05) is 0 Å². The normalized spacial score (nSPS) is 20.4. The van der Waals surface area contributed by atoms with E-state index in [4.69, 9.17) is 0 Å². The standard InChI is InChI=1S/C18H29BrN2/c1-4-11-21-12-9-17(10-13-21)15(3)20-14(2)16-5-7-18(19)8-6-16/h5-8,14-15,17,20H,4,9-13H2,1-3H3/t14-,15?/m1/s1. The van der Waals surface area contributed by atoms with Gasteiger partial charge in [-0.2, -0.15) is 0 Å². The van der Waals surface area contributed by atoms with E-state index in [1.165, 1.54) is 44.5 Å². The fourth-order valence-corrected chi connectivity index (χ4v) is 3.64. The third kappa shape index (κ3) is 5.08. The average Bonchev–Trinajstić information content (AvgIpc) is 2.49. The molecule has 0 amide bonds. The van der Waals surface area contributed by atoms with Gasteiger partial charge in [-0.05, 0) is 76.4 Å². The second kappa shape index (κ2) is 8.30. The second-order valence-electron chi connectivity index (χ2n) is 6.41. The molecule has 0 aromatic heterocycles. The summed E-state index contributed by atoms with van der Waals surface area (Å²) >= 11 is 3.50. The zero-order chi connectivity index (χ0) is 15.2. The number of rotatable bonds is 6. The maximum absolute atomic E-state index is 3.80. The number of nitrogens with one attached hydrogen (secondary N) is 1. The zero-order valence-corrected chi connectivity index (χ0v) is 15.2. The summed E-state index contributed by atoms with van der Waals surface area (Å²) in [5, 5.41) is 3.80. The van der Waals surface area contributed by atoms with Crippen molar-refractivity contribution in [2.24, 2.45) is 5.92 Å². The van der Waals surface area contributed by atoms with Gasteiger partial charge in [0.15, 0.2) is 0 Å². The Bertz CT molecular complexity index is 410. The quantitative estimate of drug-likeness (QED) is 0.803. The number of hydrogen-bond donors (Lipinski definition) is 1. The van der Waals surface area contributed by atoms with Crippen LogP contribution >= 0.6 is 15.9 Å². The minimum absolute atomic E-state index is 0.418. The van der Waals surface area contributed by atoms with Crippen molar-refractivity contribution in [1.29, 1.82) is 0 Å². The van der Waals surface area contributed by atoms with Gasteiger partial charge in [0.1, 0.15) is 0 Å². The molecule has 0 saturated carbocycles. The Hall–Kier alpha value is -0.380. The Kier molecular flexibility index (Phi) is 6.72. The van der Waals surface area contributed by atoms with Crippen molar-refractivity contribution < 1.29 is 0 Å². The van der Waals surface area contributed by atoms with E-state index in [0.29, 0.717) is 12.1 Å². The van der Waals surface area contributed by atoms with E-state index in [0.717, 1.165) is 10.4 Å². The summed E-state index contributed by atoms with van der Waals surface area (Å²) in [5.41, 5.74) is 1.37. The lowest BCUT2D eigenvalue weighted by molar-refractivity contribution is 0.159. The molecule has 1 fully saturated rings. The van der Waals surface area contributed by atoms with Gasteiger partial charge in [-0.3, -0.25) is 0 Å². The van der Waals surface area contributed by atoms with Crippen LogP contribution in [0.1, 0.15) is 51.6 Å². The molecule has 1 N–H and O–H groups in total. The van der Waals surface area contributed by atoms with Crippen LogP contribution in [0.25, 0.3) is 0 Å². The highest BCUT2D eigenvalue weighted by atomic mass is 79.9. The molecule has 0 bridgehead atoms. The zero-order valence-electron chi connectivity index (χ0n) is 13.6. The smallest absolute Gasteiger partial charge is 0.0294 e. The van der Waals surface area contributed by atoms with Crippen LogP contribution in [0.5, 0.6) is 0 Å². The molecule has 1 aromatic carbocycles. The molecule has 3 heteroatoms. The van der Waals surface area contributed by atoms with Crippen molar-refractivity contribution in [3.63, 3.8) is 0 Å². The van der Waals surface area contributed by atoms with Crippen molar-refractivity contribution >= 4 is 15.9 Å². The van der Waals surface area contributed by atoms with Gasteiger partial charge in [0.05, 0.1) is 0 Å². The molecule has 1 heterocycles. The minimum atomic E-state index is 0.418. The summed E-state index contributed by atoms with van der Waals surface area (Å²) in [4.78, 5) is 2.61. The van der Waals surface area contributed by atoms with Crippen LogP contribution in [0.3, 0.4) is 0 Å². The van der Waals surface area contributed by atoms with E-state index in [9.17, 15) is 0 Å². The molecule has 1 saturated heterocycles. The molecule has 1 unspecified atom stereocenters. The first-order valence-corrected chi connectivity index (χ1v) is 9.13. The molecule has 118 valence electrons. The number of benzene rings is 1. The van der Waals surface area contributed by atoms with Crippen molar-refractivity contribution in [2.75, 3.05) is 19.6 Å². The number of hydrogen-bond acceptors (Lipinski definition) is 2. The van der Waals surface area contributed by atoms with Crippen LogP contribution in [0, 0.1) is 5.92 Å². The highest BCUT2D eigenvalue weighted by Gasteiger charge is 2.24. The second-order valence-corrected chi connectivity index (χ2v) is 7.32. The van der Waals surface area contributed by atoms with Crippen LogP contribution in [0.4, 0.5) is 0 Å². The number of piperidine rings is 1. The van der Waals surface area contributed by atoms with Gasteiger partial charge in [0.2, 0.25) is 0 Å². The Morgan fingerprint density at radius 2 is 1.81 bits per heavy atom. The molecular weight excluding hydrogens is 324 g/mol. The van der Waals surface area contributed by atoms with E-state index >= 15 is 0 Å². The monoisotopic (exact) mass is 352 g/mol. The van der Waals surface area contributed by atoms with Gasteiger partial charge >= 0.3 is 0 Å². The Morgan fingerprint density at radius 3 is 2.38 bits per heavy atom. The van der Waals surface area contributed by atoms with Gasteiger partial charge in [0, 0.05) is 16.6 Å². The average molecular weight is 353 g/mol.